The van der Waals surface area contributed by atoms with Gasteiger partial charge < -0.3 is 10.4 Å². The first-order valence-corrected chi connectivity index (χ1v) is 7.89. The Morgan fingerprint density at radius 1 is 1.27 bits per heavy atom. The Morgan fingerprint density at radius 3 is 2.50 bits per heavy atom. The van der Waals surface area contributed by atoms with Gasteiger partial charge in [0.2, 0.25) is 5.91 Å². The molecule has 0 radical (unpaired) electrons. The molecule has 1 aromatic carbocycles. The summed E-state index contributed by atoms with van der Waals surface area (Å²) in [5, 5.41) is 12.6. The van der Waals surface area contributed by atoms with Gasteiger partial charge in [-0.2, -0.15) is 0 Å². The van der Waals surface area contributed by atoms with E-state index in [2.05, 4.69) is 5.32 Å². The first-order valence-electron chi connectivity index (χ1n) is 6.76. The summed E-state index contributed by atoms with van der Waals surface area (Å²) in [6.45, 7) is 1.16. The van der Waals surface area contributed by atoms with Crippen molar-refractivity contribution in [2.75, 3.05) is 25.0 Å². The molecule has 1 aliphatic heterocycles. The first kappa shape index (κ1) is 17.3. The molecular weight excluding hydrogens is 351 g/mol. The molecule has 2 rings (SSSR count). The fourth-order valence-corrected chi connectivity index (χ4v) is 3.36. The summed E-state index contributed by atoms with van der Waals surface area (Å²) >= 11 is 17.8. The number of nitrogens with zero attached hydrogens (tertiary/aromatic N) is 1. The minimum absolute atomic E-state index is 0.0963. The van der Waals surface area contributed by atoms with Crippen LogP contribution in [0.5, 0.6) is 0 Å². The van der Waals surface area contributed by atoms with E-state index in [9.17, 15) is 9.59 Å². The van der Waals surface area contributed by atoms with Gasteiger partial charge in [0.15, 0.2) is 0 Å². The molecule has 1 aliphatic rings. The summed E-state index contributed by atoms with van der Waals surface area (Å²) in [5.74, 6) is -1.55. The second-order valence-corrected chi connectivity index (χ2v) is 6.46. The fourth-order valence-electron chi connectivity index (χ4n) is 2.44. The lowest BCUT2D eigenvalue weighted by Crippen LogP contribution is -2.42. The fraction of sp³-hybridized carbons (Fsp3) is 0.429. The minimum atomic E-state index is -0.825. The molecule has 8 heteroatoms. The topological polar surface area (TPSA) is 69.6 Å². The van der Waals surface area contributed by atoms with Crippen molar-refractivity contribution in [2.45, 2.75) is 12.8 Å². The van der Waals surface area contributed by atoms with Crippen LogP contribution in [0.15, 0.2) is 12.1 Å². The SMILES string of the molecule is O=C(CN1CCCC(C(=O)O)C1)Nc1c(Cl)cc(Cl)cc1Cl. The molecule has 1 fully saturated rings. The zero-order chi connectivity index (χ0) is 16.3. The molecule has 2 N–H and O–H groups in total. The van der Waals surface area contributed by atoms with Crippen LogP contribution >= 0.6 is 34.8 Å². The third kappa shape index (κ3) is 4.49. The standard InChI is InChI=1S/C14H15Cl3N2O3/c15-9-4-10(16)13(11(17)5-9)18-12(20)7-19-3-1-2-8(6-19)14(21)22/h4-5,8H,1-3,6-7H2,(H,18,20)(H,21,22). The monoisotopic (exact) mass is 364 g/mol. The highest BCUT2D eigenvalue weighted by molar-refractivity contribution is 6.42. The second-order valence-electron chi connectivity index (χ2n) is 5.21. The van der Waals surface area contributed by atoms with Crippen LogP contribution in [-0.2, 0) is 9.59 Å². The molecule has 5 nitrogen and oxygen atoms in total. The molecule has 1 heterocycles. The van der Waals surface area contributed by atoms with Crippen molar-refractivity contribution in [2.24, 2.45) is 5.92 Å². The van der Waals surface area contributed by atoms with Crippen LogP contribution in [0.1, 0.15) is 12.8 Å². The summed E-state index contributed by atoms with van der Waals surface area (Å²) in [6, 6.07) is 2.98. The molecule has 22 heavy (non-hydrogen) atoms. The lowest BCUT2D eigenvalue weighted by atomic mass is 9.98. The van der Waals surface area contributed by atoms with Crippen molar-refractivity contribution in [3.05, 3.63) is 27.2 Å². The Balaban J connectivity index is 1.97. The predicted molar refractivity (Wildman–Crippen MR) is 86.9 cm³/mol. The van der Waals surface area contributed by atoms with Gasteiger partial charge in [-0.15, -0.1) is 0 Å². The molecule has 0 bridgehead atoms. The van der Waals surface area contributed by atoms with Crippen LogP contribution < -0.4 is 5.32 Å². The summed E-state index contributed by atoms with van der Waals surface area (Å²) in [5.41, 5.74) is 0.310. The van der Waals surface area contributed by atoms with Gasteiger partial charge in [0.25, 0.3) is 0 Å². The number of piperidine rings is 1. The largest absolute Gasteiger partial charge is 0.481 e. The Kier molecular flexibility index (Phi) is 5.92. The number of likely N-dealkylation sites (tertiary alicyclic amines) is 1. The Labute approximate surface area is 143 Å². The minimum Gasteiger partial charge on any atom is -0.481 e. The smallest absolute Gasteiger partial charge is 0.307 e. The predicted octanol–water partition coefficient (Wildman–Crippen LogP) is 3.38. The number of hydrogen-bond donors (Lipinski definition) is 2. The van der Waals surface area contributed by atoms with Crippen LogP contribution in [0.3, 0.4) is 0 Å². The number of anilines is 1. The summed E-state index contributed by atoms with van der Waals surface area (Å²) in [4.78, 5) is 24.9. The van der Waals surface area contributed by atoms with Crippen LogP contribution in [-0.4, -0.2) is 41.5 Å². The molecule has 120 valence electrons. The first-order chi connectivity index (χ1) is 10.4. The van der Waals surface area contributed by atoms with E-state index in [1.807, 2.05) is 4.90 Å². The molecule has 1 amide bonds. The summed E-state index contributed by atoms with van der Waals surface area (Å²) in [7, 11) is 0. The molecule has 0 spiro atoms. The van der Waals surface area contributed by atoms with E-state index < -0.39 is 11.9 Å². The number of aliphatic carboxylic acids is 1. The van der Waals surface area contributed by atoms with Crippen LogP contribution in [0, 0.1) is 5.92 Å². The van der Waals surface area contributed by atoms with E-state index in [1.54, 1.807) is 0 Å². The Bertz CT molecular complexity index is 572. The van der Waals surface area contributed by atoms with Gasteiger partial charge >= 0.3 is 5.97 Å². The lowest BCUT2D eigenvalue weighted by Gasteiger charge is -2.30. The zero-order valence-electron chi connectivity index (χ0n) is 11.6. The number of nitrogens with one attached hydrogen (secondary N) is 1. The molecule has 1 aromatic rings. The second kappa shape index (κ2) is 7.51. The van der Waals surface area contributed by atoms with E-state index in [4.69, 9.17) is 39.9 Å². The van der Waals surface area contributed by atoms with Crippen molar-refractivity contribution >= 4 is 52.4 Å². The quantitative estimate of drug-likeness (QED) is 0.858. The molecular formula is C14H15Cl3N2O3. The van der Waals surface area contributed by atoms with Crippen LogP contribution in [0.2, 0.25) is 15.1 Å². The third-order valence-electron chi connectivity index (χ3n) is 3.49. The number of amides is 1. The van der Waals surface area contributed by atoms with Crippen molar-refractivity contribution in [1.82, 2.24) is 4.90 Å². The third-order valence-corrected chi connectivity index (χ3v) is 4.31. The van der Waals surface area contributed by atoms with Gasteiger partial charge in [-0.25, -0.2) is 0 Å². The molecule has 1 unspecified atom stereocenters. The number of halogens is 3. The average Bonchev–Trinajstić information content (AvgIpc) is 2.43. The maximum Gasteiger partial charge on any atom is 0.307 e. The maximum absolute atomic E-state index is 12.1. The average molecular weight is 366 g/mol. The van der Waals surface area contributed by atoms with Gasteiger partial charge in [-0.05, 0) is 31.5 Å². The van der Waals surface area contributed by atoms with Crippen molar-refractivity contribution in [1.29, 1.82) is 0 Å². The van der Waals surface area contributed by atoms with E-state index in [0.717, 1.165) is 6.42 Å². The number of rotatable bonds is 4. The van der Waals surface area contributed by atoms with Crippen molar-refractivity contribution < 1.29 is 14.7 Å². The zero-order valence-corrected chi connectivity index (χ0v) is 13.9. The van der Waals surface area contributed by atoms with Crippen molar-refractivity contribution in [3.63, 3.8) is 0 Å². The summed E-state index contributed by atoms with van der Waals surface area (Å²) in [6.07, 6.45) is 1.40. The molecule has 0 saturated carbocycles. The van der Waals surface area contributed by atoms with Crippen LogP contribution in [0.4, 0.5) is 5.69 Å². The number of benzene rings is 1. The Morgan fingerprint density at radius 2 is 1.91 bits per heavy atom. The van der Waals surface area contributed by atoms with Gasteiger partial charge in [-0.1, -0.05) is 34.8 Å². The van der Waals surface area contributed by atoms with E-state index in [-0.39, 0.29) is 22.5 Å². The van der Waals surface area contributed by atoms with Crippen LogP contribution in [0.25, 0.3) is 0 Å². The highest BCUT2D eigenvalue weighted by atomic mass is 35.5. The Hall–Kier alpha value is -1.01. The van der Waals surface area contributed by atoms with E-state index in [0.29, 0.717) is 30.2 Å². The molecule has 0 aliphatic carbocycles. The number of carboxylic acids is 1. The number of hydrogen-bond acceptors (Lipinski definition) is 3. The number of carbonyl (C=O) groups is 2. The van der Waals surface area contributed by atoms with Gasteiger partial charge in [-0.3, -0.25) is 14.5 Å². The lowest BCUT2D eigenvalue weighted by molar-refractivity contribution is -0.144. The maximum atomic E-state index is 12.1. The molecule has 0 aromatic heterocycles. The molecule has 1 saturated heterocycles. The number of carbonyl (C=O) groups excluding carboxylic acids is 1. The van der Waals surface area contributed by atoms with E-state index in [1.165, 1.54) is 12.1 Å². The molecule has 1 atom stereocenters. The normalized spacial score (nSPS) is 19.0. The highest BCUT2D eigenvalue weighted by Gasteiger charge is 2.26. The highest BCUT2D eigenvalue weighted by Crippen LogP contribution is 2.33. The van der Waals surface area contributed by atoms with Gasteiger partial charge in [0.05, 0.1) is 28.2 Å². The van der Waals surface area contributed by atoms with Gasteiger partial charge in [0.1, 0.15) is 0 Å². The van der Waals surface area contributed by atoms with Gasteiger partial charge in [0, 0.05) is 11.6 Å². The van der Waals surface area contributed by atoms with E-state index >= 15 is 0 Å². The summed E-state index contributed by atoms with van der Waals surface area (Å²) < 4.78 is 0. The number of carboxylic acid groups (broad SMARTS) is 1. The van der Waals surface area contributed by atoms with Crippen molar-refractivity contribution in [3.8, 4) is 0 Å².